The Morgan fingerprint density at radius 2 is 1.83 bits per heavy atom. The van der Waals surface area contributed by atoms with Gasteiger partial charge in [0.2, 0.25) is 11.7 Å². The van der Waals surface area contributed by atoms with Crippen molar-refractivity contribution >= 4 is 29.0 Å². The summed E-state index contributed by atoms with van der Waals surface area (Å²) < 4.78 is 5.42. The predicted molar refractivity (Wildman–Crippen MR) is 150 cm³/mol. The number of nitrogens with two attached hydrogens (primary N) is 1. The average molecular weight is 579 g/mol. The first-order valence-electron chi connectivity index (χ1n) is 13.6. The number of ketones is 3. The molecule has 2 fully saturated rings. The number of fused-ring (bicyclic) bond motifs is 3. The number of primary amides is 1. The molecule has 0 aliphatic heterocycles. The van der Waals surface area contributed by atoms with Crippen molar-refractivity contribution in [3.05, 3.63) is 52.6 Å². The fraction of sp³-hybridized carbons (Fsp3) is 0.419. The number of amides is 1. The molecule has 0 saturated heterocycles. The molecule has 11 nitrogen and oxygen atoms in total. The fourth-order valence-corrected chi connectivity index (χ4v) is 7.23. The van der Waals surface area contributed by atoms with E-state index in [0.29, 0.717) is 28.0 Å². The second-order valence-electron chi connectivity index (χ2n) is 11.7. The summed E-state index contributed by atoms with van der Waals surface area (Å²) in [6.07, 6.45) is -1.24. The lowest BCUT2D eigenvalue weighted by Crippen LogP contribution is -2.73. The first-order valence-corrected chi connectivity index (χ1v) is 13.6. The number of aliphatic hydroxyl groups excluding tert-OH is 2. The SMILES string of the molecule is COc1ccc(-c2ccc(O)c3c2C[C@H]2C[C@H]4[C@H](N(C)C)[C@@H](O)C(C(N)=O)C(=O)[C@@]4(O)C(=O)C2=C3O)cc1CC(C)=O. The molecule has 5 rings (SSSR count). The predicted octanol–water partition coefficient (Wildman–Crippen LogP) is 0.936. The highest BCUT2D eigenvalue weighted by molar-refractivity contribution is 6.25. The van der Waals surface area contributed by atoms with Crippen LogP contribution < -0.4 is 10.5 Å². The van der Waals surface area contributed by atoms with E-state index in [1.165, 1.54) is 20.1 Å². The summed E-state index contributed by atoms with van der Waals surface area (Å²) in [6, 6.07) is 7.40. The molecular weight excluding hydrogens is 544 g/mol. The van der Waals surface area contributed by atoms with Gasteiger partial charge in [0, 0.05) is 29.5 Å². The second kappa shape index (κ2) is 10.3. The number of aromatic hydroxyl groups is 1. The molecule has 2 aromatic rings. The van der Waals surface area contributed by atoms with Crippen molar-refractivity contribution in [2.75, 3.05) is 21.2 Å². The van der Waals surface area contributed by atoms with Gasteiger partial charge in [-0.1, -0.05) is 12.1 Å². The van der Waals surface area contributed by atoms with E-state index in [2.05, 4.69) is 0 Å². The third-order valence-corrected chi connectivity index (χ3v) is 9.00. The molecule has 2 aromatic carbocycles. The number of ether oxygens (including phenoxy) is 1. The van der Waals surface area contributed by atoms with Gasteiger partial charge in [0.25, 0.3) is 0 Å². The van der Waals surface area contributed by atoms with Crippen LogP contribution in [0.1, 0.15) is 30.0 Å². The molecule has 6 atom stereocenters. The van der Waals surface area contributed by atoms with E-state index in [-0.39, 0.29) is 41.9 Å². The quantitative estimate of drug-likeness (QED) is 0.309. The minimum absolute atomic E-state index is 0.00279. The van der Waals surface area contributed by atoms with Gasteiger partial charge in [-0.05, 0) is 74.7 Å². The Bertz CT molecular complexity index is 1560. The summed E-state index contributed by atoms with van der Waals surface area (Å²) in [4.78, 5) is 53.1. The van der Waals surface area contributed by atoms with Crippen molar-refractivity contribution in [3.8, 4) is 22.6 Å². The third kappa shape index (κ3) is 4.22. The number of likely N-dealkylation sites (N-methyl/N-ethyl adjacent to an activating group) is 1. The lowest BCUT2D eigenvalue weighted by atomic mass is 9.54. The molecule has 0 bridgehead atoms. The molecule has 1 amide bonds. The smallest absolute Gasteiger partial charge is 0.230 e. The van der Waals surface area contributed by atoms with E-state index in [0.717, 1.165) is 0 Å². The Balaban J connectivity index is 1.68. The molecule has 0 spiro atoms. The number of phenolic OH excluding ortho intramolecular Hbond substituents is 1. The maximum atomic E-state index is 14.0. The van der Waals surface area contributed by atoms with Gasteiger partial charge in [-0.3, -0.25) is 19.2 Å². The van der Waals surface area contributed by atoms with Gasteiger partial charge in [-0.2, -0.15) is 0 Å². The topological polar surface area (TPSA) is 188 Å². The van der Waals surface area contributed by atoms with E-state index in [9.17, 15) is 39.6 Å². The number of hydrogen-bond acceptors (Lipinski definition) is 10. The van der Waals surface area contributed by atoms with Crippen molar-refractivity contribution in [1.29, 1.82) is 0 Å². The summed E-state index contributed by atoms with van der Waals surface area (Å²) in [5.74, 6) is -7.44. The molecule has 2 saturated carbocycles. The summed E-state index contributed by atoms with van der Waals surface area (Å²) in [5.41, 5.74) is 5.03. The standard InChI is InChI=1S/C31H34N2O9/c1-13(34)9-15-10-14(5-8-21(15)42-4)17-6-7-20(35)23-18(17)11-16-12-19-25(33(2)3)27(37)24(30(32)40)29(39)31(19,41)28(38)22(16)26(23)36/h5-8,10,16,19,24-25,27,35-37,41H,9,11-12H2,1-4H3,(H2,32,40)/t16-,19-,24?,25-,27-,31-/m0/s1. The fourth-order valence-electron chi connectivity index (χ4n) is 7.23. The summed E-state index contributed by atoms with van der Waals surface area (Å²) in [7, 11) is 4.71. The van der Waals surface area contributed by atoms with Gasteiger partial charge >= 0.3 is 0 Å². The molecule has 0 heterocycles. The Hall–Kier alpha value is -4.06. The van der Waals surface area contributed by atoms with Crippen LogP contribution in [-0.4, -0.2) is 87.5 Å². The molecule has 42 heavy (non-hydrogen) atoms. The monoisotopic (exact) mass is 578 g/mol. The summed E-state index contributed by atoms with van der Waals surface area (Å²) in [5, 5.41) is 45.1. The van der Waals surface area contributed by atoms with E-state index in [1.54, 1.807) is 43.3 Å². The van der Waals surface area contributed by atoms with Gasteiger partial charge in [-0.15, -0.1) is 0 Å². The van der Waals surface area contributed by atoms with Crippen LogP contribution in [0, 0.1) is 17.8 Å². The van der Waals surface area contributed by atoms with Crippen molar-refractivity contribution in [2.24, 2.45) is 23.5 Å². The summed E-state index contributed by atoms with van der Waals surface area (Å²) >= 11 is 0. The Morgan fingerprint density at radius 3 is 2.43 bits per heavy atom. The third-order valence-electron chi connectivity index (χ3n) is 9.00. The number of Topliss-reactive ketones (excluding diaryl/α,β-unsaturated/α-hetero) is 3. The van der Waals surface area contributed by atoms with Gasteiger partial charge in [0.1, 0.15) is 29.0 Å². The molecule has 6 N–H and O–H groups in total. The van der Waals surface area contributed by atoms with Crippen LogP contribution in [0.25, 0.3) is 16.9 Å². The number of nitrogens with zero attached hydrogens (tertiary/aromatic N) is 1. The van der Waals surface area contributed by atoms with Crippen molar-refractivity contribution < 1.29 is 44.3 Å². The second-order valence-corrected chi connectivity index (χ2v) is 11.7. The molecular formula is C31H34N2O9. The van der Waals surface area contributed by atoms with E-state index in [4.69, 9.17) is 10.5 Å². The zero-order chi connectivity index (χ0) is 30.8. The summed E-state index contributed by atoms with van der Waals surface area (Å²) in [6.45, 7) is 1.47. The van der Waals surface area contributed by atoms with E-state index >= 15 is 0 Å². The van der Waals surface area contributed by atoms with E-state index < -0.39 is 58.7 Å². The van der Waals surface area contributed by atoms with Crippen LogP contribution in [0.15, 0.2) is 35.9 Å². The first kappa shape index (κ1) is 29.4. The molecule has 3 aliphatic rings. The van der Waals surface area contributed by atoms with Crippen molar-refractivity contribution in [3.63, 3.8) is 0 Å². The van der Waals surface area contributed by atoms with Crippen molar-refractivity contribution in [1.82, 2.24) is 4.90 Å². The lowest BCUT2D eigenvalue weighted by Gasteiger charge is -2.53. The van der Waals surface area contributed by atoms with Crippen LogP contribution in [0.5, 0.6) is 11.5 Å². The number of carbonyl (C=O) groups is 4. The Kier molecular flexibility index (Phi) is 7.24. The molecule has 11 heteroatoms. The van der Waals surface area contributed by atoms with Crippen LogP contribution in [-0.2, 0) is 32.0 Å². The van der Waals surface area contributed by atoms with Gasteiger partial charge in [0.15, 0.2) is 11.4 Å². The maximum absolute atomic E-state index is 14.0. The normalized spacial score (nSPS) is 28.7. The zero-order valence-corrected chi connectivity index (χ0v) is 23.7. The Morgan fingerprint density at radius 1 is 1.14 bits per heavy atom. The van der Waals surface area contributed by atoms with Crippen LogP contribution in [0.4, 0.5) is 0 Å². The molecule has 0 radical (unpaired) electrons. The maximum Gasteiger partial charge on any atom is 0.230 e. The number of phenols is 1. The van der Waals surface area contributed by atoms with Crippen LogP contribution in [0.3, 0.4) is 0 Å². The highest BCUT2D eigenvalue weighted by atomic mass is 16.5. The Labute approximate surface area is 242 Å². The zero-order valence-electron chi connectivity index (χ0n) is 23.7. The highest BCUT2D eigenvalue weighted by Crippen LogP contribution is 2.53. The lowest BCUT2D eigenvalue weighted by molar-refractivity contribution is -0.184. The molecule has 0 aromatic heterocycles. The minimum Gasteiger partial charge on any atom is -0.507 e. The van der Waals surface area contributed by atoms with Crippen LogP contribution in [0.2, 0.25) is 0 Å². The largest absolute Gasteiger partial charge is 0.507 e. The number of methoxy groups -OCH3 is 1. The molecule has 3 aliphatic carbocycles. The number of aliphatic hydroxyl groups is 3. The first-order chi connectivity index (χ1) is 19.7. The van der Waals surface area contributed by atoms with Crippen LogP contribution >= 0.6 is 0 Å². The highest BCUT2D eigenvalue weighted by Gasteiger charge is 2.67. The van der Waals surface area contributed by atoms with Gasteiger partial charge < -0.3 is 35.8 Å². The molecule has 1 unspecified atom stereocenters. The number of rotatable bonds is 6. The average Bonchev–Trinajstić information content (AvgIpc) is 2.90. The molecule has 222 valence electrons. The van der Waals surface area contributed by atoms with Crippen molar-refractivity contribution in [2.45, 2.75) is 43.9 Å². The van der Waals surface area contributed by atoms with Gasteiger partial charge in [-0.25, -0.2) is 0 Å². The number of benzene rings is 2. The van der Waals surface area contributed by atoms with Gasteiger partial charge in [0.05, 0.1) is 18.8 Å². The number of hydrogen-bond donors (Lipinski definition) is 5. The van der Waals surface area contributed by atoms with E-state index in [1.807, 2.05) is 0 Å². The minimum atomic E-state index is -2.71. The number of carbonyl (C=O) groups excluding carboxylic acids is 4.